The normalized spacial score (nSPS) is 21.3. The monoisotopic (exact) mass is 273 g/mol. The van der Waals surface area contributed by atoms with Crippen LogP contribution in [-0.2, 0) is 14.8 Å². The van der Waals surface area contributed by atoms with Crippen LogP contribution in [0, 0.1) is 12.8 Å². The third-order valence-corrected chi connectivity index (χ3v) is 4.75. The number of aliphatic carboxylic acids is 1. The third-order valence-electron chi connectivity index (χ3n) is 3.01. The average molecular weight is 273 g/mol. The van der Waals surface area contributed by atoms with Crippen LogP contribution in [0.1, 0.15) is 18.4 Å². The summed E-state index contributed by atoms with van der Waals surface area (Å²) in [7, 11) is -3.61. The van der Waals surface area contributed by atoms with Crippen LogP contribution < -0.4 is 0 Å². The van der Waals surface area contributed by atoms with E-state index in [0.29, 0.717) is 13.0 Å². The Morgan fingerprint density at radius 1 is 1.61 bits per heavy atom. The fourth-order valence-corrected chi connectivity index (χ4v) is 3.61. The van der Waals surface area contributed by atoms with Gasteiger partial charge in [-0.1, -0.05) is 0 Å². The van der Waals surface area contributed by atoms with E-state index >= 15 is 0 Å². The second-order valence-electron chi connectivity index (χ2n) is 4.56. The lowest BCUT2D eigenvalue weighted by molar-refractivity contribution is -0.137. The molecule has 0 aliphatic carbocycles. The van der Waals surface area contributed by atoms with Crippen molar-refractivity contribution in [2.75, 3.05) is 13.1 Å². The molecule has 18 heavy (non-hydrogen) atoms. The number of sulfonamides is 1. The van der Waals surface area contributed by atoms with Crippen molar-refractivity contribution in [1.82, 2.24) is 4.31 Å². The molecule has 0 saturated carbocycles. The van der Waals surface area contributed by atoms with Crippen molar-refractivity contribution in [3.05, 3.63) is 17.9 Å². The quantitative estimate of drug-likeness (QED) is 0.886. The first kappa shape index (κ1) is 13.1. The van der Waals surface area contributed by atoms with Gasteiger partial charge in [-0.25, -0.2) is 8.42 Å². The molecule has 0 spiro atoms. The van der Waals surface area contributed by atoms with Gasteiger partial charge in [0.15, 0.2) is 0 Å². The predicted molar refractivity (Wildman–Crippen MR) is 62.6 cm³/mol. The molecule has 1 aromatic rings. The van der Waals surface area contributed by atoms with Gasteiger partial charge in [-0.05, 0) is 24.8 Å². The summed E-state index contributed by atoms with van der Waals surface area (Å²) < 4.78 is 30.6. The van der Waals surface area contributed by atoms with E-state index in [2.05, 4.69) is 0 Å². The maximum absolute atomic E-state index is 12.2. The van der Waals surface area contributed by atoms with Crippen LogP contribution in [-0.4, -0.2) is 36.9 Å². The zero-order valence-electron chi connectivity index (χ0n) is 10.00. The van der Waals surface area contributed by atoms with E-state index in [9.17, 15) is 13.2 Å². The molecule has 1 atom stereocenters. The first-order valence-electron chi connectivity index (χ1n) is 5.66. The van der Waals surface area contributed by atoms with E-state index in [1.54, 1.807) is 6.92 Å². The lowest BCUT2D eigenvalue weighted by Gasteiger charge is -2.13. The molecule has 100 valence electrons. The van der Waals surface area contributed by atoms with Gasteiger partial charge in [-0.15, -0.1) is 0 Å². The summed E-state index contributed by atoms with van der Waals surface area (Å²) >= 11 is 0. The van der Waals surface area contributed by atoms with Gasteiger partial charge >= 0.3 is 5.97 Å². The molecule has 7 heteroatoms. The van der Waals surface area contributed by atoms with E-state index in [4.69, 9.17) is 9.52 Å². The highest BCUT2D eigenvalue weighted by Crippen LogP contribution is 2.26. The van der Waals surface area contributed by atoms with E-state index in [-0.39, 0.29) is 24.0 Å². The Hall–Kier alpha value is -1.34. The minimum absolute atomic E-state index is 0.00318. The Kier molecular flexibility index (Phi) is 3.45. The molecule has 0 bridgehead atoms. The first-order chi connectivity index (χ1) is 8.39. The highest BCUT2D eigenvalue weighted by atomic mass is 32.2. The van der Waals surface area contributed by atoms with Crippen LogP contribution in [0.3, 0.4) is 0 Å². The SMILES string of the molecule is Cc1coc(S(=O)(=O)N2CC[C@H](CC(=O)O)C2)c1. The second-order valence-corrected chi connectivity index (χ2v) is 6.43. The molecule has 1 N–H and O–H groups in total. The summed E-state index contributed by atoms with van der Waals surface area (Å²) in [6, 6.07) is 1.47. The number of carbonyl (C=O) groups is 1. The molecule has 0 radical (unpaired) electrons. The molecule has 6 nitrogen and oxygen atoms in total. The lowest BCUT2D eigenvalue weighted by atomic mass is 10.1. The summed E-state index contributed by atoms with van der Waals surface area (Å²) in [5, 5.41) is 8.62. The van der Waals surface area contributed by atoms with Crippen molar-refractivity contribution >= 4 is 16.0 Å². The molecule has 1 aliphatic heterocycles. The zero-order chi connectivity index (χ0) is 13.3. The molecule has 1 saturated heterocycles. The number of carboxylic acids is 1. The van der Waals surface area contributed by atoms with E-state index in [1.165, 1.54) is 16.6 Å². The van der Waals surface area contributed by atoms with Crippen molar-refractivity contribution in [3.8, 4) is 0 Å². The summed E-state index contributed by atoms with van der Waals surface area (Å²) in [5.74, 6) is -1.01. The number of aryl methyl sites for hydroxylation is 1. The highest BCUT2D eigenvalue weighted by Gasteiger charge is 2.35. The maximum Gasteiger partial charge on any atom is 0.303 e. The highest BCUT2D eigenvalue weighted by molar-refractivity contribution is 7.89. The number of nitrogens with zero attached hydrogens (tertiary/aromatic N) is 1. The molecule has 0 amide bonds. The van der Waals surface area contributed by atoms with Gasteiger partial charge in [0.05, 0.1) is 6.26 Å². The zero-order valence-corrected chi connectivity index (χ0v) is 10.8. The molecule has 0 aromatic carbocycles. The van der Waals surface area contributed by atoms with E-state index in [0.717, 1.165) is 5.56 Å². The molecule has 1 aliphatic rings. The Labute approximate surface area is 105 Å². The Balaban J connectivity index is 2.11. The van der Waals surface area contributed by atoms with E-state index < -0.39 is 16.0 Å². The van der Waals surface area contributed by atoms with Crippen LogP contribution in [0.15, 0.2) is 21.8 Å². The molecule has 2 rings (SSSR count). The minimum Gasteiger partial charge on any atom is -0.481 e. The first-order valence-corrected chi connectivity index (χ1v) is 7.10. The van der Waals surface area contributed by atoms with Crippen molar-refractivity contribution in [1.29, 1.82) is 0 Å². The van der Waals surface area contributed by atoms with Crippen molar-refractivity contribution < 1.29 is 22.7 Å². The smallest absolute Gasteiger partial charge is 0.303 e. The Morgan fingerprint density at radius 2 is 2.33 bits per heavy atom. The molecule has 2 heterocycles. The van der Waals surface area contributed by atoms with Gasteiger partial charge in [-0.2, -0.15) is 4.31 Å². The number of hydrogen-bond acceptors (Lipinski definition) is 4. The van der Waals surface area contributed by atoms with Crippen molar-refractivity contribution in [3.63, 3.8) is 0 Å². The largest absolute Gasteiger partial charge is 0.481 e. The van der Waals surface area contributed by atoms with Gasteiger partial charge in [0.1, 0.15) is 0 Å². The van der Waals surface area contributed by atoms with Gasteiger partial charge < -0.3 is 9.52 Å². The maximum atomic E-state index is 12.2. The van der Waals surface area contributed by atoms with Crippen LogP contribution >= 0.6 is 0 Å². The van der Waals surface area contributed by atoms with E-state index in [1.807, 2.05) is 0 Å². The molecule has 1 fully saturated rings. The van der Waals surface area contributed by atoms with Crippen molar-refractivity contribution in [2.24, 2.45) is 5.92 Å². The van der Waals surface area contributed by atoms with Crippen molar-refractivity contribution in [2.45, 2.75) is 24.9 Å². The van der Waals surface area contributed by atoms with Gasteiger partial charge in [0.2, 0.25) is 5.09 Å². The summed E-state index contributed by atoms with van der Waals surface area (Å²) in [4.78, 5) is 10.6. The van der Waals surface area contributed by atoms with Gasteiger partial charge in [0.25, 0.3) is 10.0 Å². The number of carboxylic acid groups (broad SMARTS) is 1. The number of furan rings is 1. The number of rotatable bonds is 4. The fourth-order valence-electron chi connectivity index (χ4n) is 2.10. The predicted octanol–water partition coefficient (Wildman–Crippen LogP) is 1.07. The lowest BCUT2D eigenvalue weighted by Crippen LogP contribution is -2.28. The fraction of sp³-hybridized carbons (Fsp3) is 0.545. The Bertz CT molecular complexity index is 548. The molecular formula is C11H15NO5S. The van der Waals surface area contributed by atoms with Gasteiger partial charge in [-0.3, -0.25) is 4.79 Å². The van der Waals surface area contributed by atoms with Crippen LogP contribution in [0.25, 0.3) is 0 Å². The third kappa shape index (κ3) is 2.56. The van der Waals surface area contributed by atoms with Crippen LogP contribution in [0.5, 0.6) is 0 Å². The average Bonchev–Trinajstić information content (AvgIpc) is 2.86. The number of hydrogen-bond donors (Lipinski definition) is 1. The second kappa shape index (κ2) is 4.74. The topological polar surface area (TPSA) is 87.8 Å². The minimum atomic E-state index is -3.61. The van der Waals surface area contributed by atoms with Gasteiger partial charge in [0, 0.05) is 25.6 Å². The molecule has 1 aromatic heterocycles. The molecular weight excluding hydrogens is 258 g/mol. The van der Waals surface area contributed by atoms with Crippen LogP contribution in [0.2, 0.25) is 0 Å². The molecule has 0 unspecified atom stereocenters. The summed E-state index contributed by atoms with van der Waals surface area (Å²) in [6.45, 7) is 2.34. The Morgan fingerprint density at radius 3 is 2.89 bits per heavy atom. The summed E-state index contributed by atoms with van der Waals surface area (Å²) in [6.07, 6.45) is 1.96. The standard InChI is InChI=1S/C11H15NO5S/c1-8-4-11(17-7-8)18(15,16)12-3-2-9(6-12)5-10(13)14/h4,7,9H,2-3,5-6H2,1H3,(H,13,14)/t9-/m1/s1. The van der Waals surface area contributed by atoms with Crippen LogP contribution in [0.4, 0.5) is 0 Å². The summed E-state index contributed by atoms with van der Waals surface area (Å²) in [5.41, 5.74) is 0.745.